The first-order chi connectivity index (χ1) is 14.8. The van der Waals surface area contributed by atoms with E-state index in [-0.39, 0.29) is 0 Å². The summed E-state index contributed by atoms with van der Waals surface area (Å²) in [6.07, 6.45) is -4.02. The number of hydrogen-bond donors (Lipinski definition) is 1. The van der Waals surface area contributed by atoms with E-state index in [1.165, 1.54) is 12.1 Å². The number of piperidine rings is 1. The van der Waals surface area contributed by atoms with Crippen LogP contribution >= 0.6 is 0 Å². The van der Waals surface area contributed by atoms with Crippen LogP contribution in [0.5, 0.6) is 0 Å². The Bertz CT molecular complexity index is 912. The molecule has 1 amide bonds. The van der Waals surface area contributed by atoms with E-state index in [0.29, 0.717) is 38.0 Å². The highest BCUT2D eigenvalue weighted by molar-refractivity contribution is 5.70. The maximum Gasteiger partial charge on any atom is 0.416 e. The molecule has 8 heteroatoms. The van der Waals surface area contributed by atoms with Crippen molar-refractivity contribution in [3.63, 3.8) is 0 Å². The van der Waals surface area contributed by atoms with Crippen molar-refractivity contribution < 1.29 is 27.4 Å². The van der Waals surface area contributed by atoms with Crippen molar-refractivity contribution in [2.24, 2.45) is 0 Å². The highest BCUT2D eigenvalue weighted by Gasteiger charge is 2.45. The number of carbonyl (C=O) groups excluding carboxylic acids is 1. The number of ether oxygens (including phenoxy) is 2. The third kappa shape index (κ3) is 4.55. The van der Waals surface area contributed by atoms with Crippen LogP contribution in [0.3, 0.4) is 0 Å². The zero-order valence-electron chi connectivity index (χ0n) is 17.2. The number of methoxy groups -OCH3 is 1. The standard InChI is InChI=1S/C23H25F3N2O3/c1-30-20(28-12-10-22(11-13-28)15-27-21(29)31-22)19(16-6-3-2-4-7-16)17-8-5-9-18(14-17)23(24,25)26/h2-9,14,19-20H,10-13,15H2,1H3,(H,27,29). The van der Waals surface area contributed by atoms with Crippen molar-refractivity contribution in [3.8, 4) is 0 Å². The minimum Gasteiger partial charge on any atom is -0.441 e. The second-order valence-electron chi connectivity index (χ2n) is 8.10. The number of hydrogen-bond acceptors (Lipinski definition) is 4. The lowest BCUT2D eigenvalue weighted by Crippen LogP contribution is -2.52. The van der Waals surface area contributed by atoms with Crippen LogP contribution in [0.1, 0.15) is 35.4 Å². The molecule has 2 aromatic carbocycles. The van der Waals surface area contributed by atoms with E-state index in [0.717, 1.165) is 11.6 Å². The Hall–Kier alpha value is -2.58. The molecule has 2 aromatic rings. The third-order valence-electron chi connectivity index (χ3n) is 6.19. The van der Waals surface area contributed by atoms with Gasteiger partial charge in [-0.1, -0.05) is 48.5 Å². The van der Waals surface area contributed by atoms with Gasteiger partial charge in [0.05, 0.1) is 12.1 Å². The van der Waals surface area contributed by atoms with Crippen LogP contribution < -0.4 is 5.32 Å². The topological polar surface area (TPSA) is 50.8 Å². The number of alkyl halides is 3. The van der Waals surface area contributed by atoms with Crippen LogP contribution in [0.25, 0.3) is 0 Å². The predicted octanol–water partition coefficient (Wildman–Crippen LogP) is 4.38. The number of carbonyl (C=O) groups is 1. The van der Waals surface area contributed by atoms with Crippen molar-refractivity contribution in [2.45, 2.75) is 36.8 Å². The Balaban J connectivity index is 1.64. The maximum absolute atomic E-state index is 13.4. The van der Waals surface area contributed by atoms with E-state index in [2.05, 4.69) is 10.2 Å². The number of rotatable bonds is 5. The lowest BCUT2D eigenvalue weighted by Gasteiger charge is -2.43. The van der Waals surface area contributed by atoms with Gasteiger partial charge < -0.3 is 14.8 Å². The molecule has 0 saturated carbocycles. The first kappa shape index (κ1) is 21.6. The van der Waals surface area contributed by atoms with Gasteiger partial charge in [-0.3, -0.25) is 4.90 Å². The molecule has 2 aliphatic rings. The summed E-state index contributed by atoms with van der Waals surface area (Å²) in [5.41, 5.74) is 0.233. The molecule has 2 fully saturated rings. The molecule has 1 spiro atoms. The Labute approximate surface area is 179 Å². The Morgan fingerprint density at radius 2 is 1.74 bits per heavy atom. The number of amides is 1. The molecule has 2 aliphatic heterocycles. The second-order valence-corrected chi connectivity index (χ2v) is 8.10. The van der Waals surface area contributed by atoms with Gasteiger partial charge in [-0.25, -0.2) is 4.79 Å². The van der Waals surface area contributed by atoms with Gasteiger partial charge in [0.25, 0.3) is 0 Å². The fourth-order valence-electron chi connectivity index (χ4n) is 4.55. The smallest absolute Gasteiger partial charge is 0.416 e. The number of likely N-dealkylation sites (tertiary alicyclic amines) is 1. The molecule has 166 valence electrons. The molecule has 0 aromatic heterocycles. The number of halogens is 3. The van der Waals surface area contributed by atoms with Crippen LogP contribution in [0, 0.1) is 0 Å². The van der Waals surface area contributed by atoms with Gasteiger partial charge >= 0.3 is 12.3 Å². The summed E-state index contributed by atoms with van der Waals surface area (Å²) in [6.45, 7) is 1.69. The van der Waals surface area contributed by atoms with Gasteiger partial charge in [-0.2, -0.15) is 13.2 Å². The van der Waals surface area contributed by atoms with Crippen LogP contribution in [-0.4, -0.2) is 49.6 Å². The number of nitrogens with zero attached hydrogens (tertiary/aromatic N) is 1. The van der Waals surface area contributed by atoms with E-state index in [1.54, 1.807) is 13.2 Å². The summed E-state index contributed by atoms with van der Waals surface area (Å²) in [6, 6.07) is 14.9. The number of benzene rings is 2. The zero-order valence-corrected chi connectivity index (χ0v) is 17.2. The molecule has 4 rings (SSSR count). The van der Waals surface area contributed by atoms with Crippen molar-refractivity contribution in [2.75, 3.05) is 26.7 Å². The molecule has 2 saturated heterocycles. The SMILES string of the molecule is COC(C(c1ccccc1)c1cccc(C(F)(F)F)c1)N1CCC2(CC1)CNC(=O)O2. The van der Waals surface area contributed by atoms with Gasteiger partial charge in [0.15, 0.2) is 0 Å². The molecule has 5 nitrogen and oxygen atoms in total. The highest BCUT2D eigenvalue weighted by atomic mass is 19.4. The zero-order chi connectivity index (χ0) is 22.1. The largest absolute Gasteiger partial charge is 0.441 e. The Morgan fingerprint density at radius 3 is 2.32 bits per heavy atom. The van der Waals surface area contributed by atoms with Crippen LogP contribution in [-0.2, 0) is 15.7 Å². The lowest BCUT2D eigenvalue weighted by atomic mass is 9.86. The molecule has 2 unspecified atom stereocenters. The quantitative estimate of drug-likeness (QED) is 0.759. The van der Waals surface area contributed by atoms with E-state index >= 15 is 0 Å². The predicted molar refractivity (Wildman–Crippen MR) is 109 cm³/mol. The van der Waals surface area contributed by atoms with Crippen molar-refractivity contribution in [1.82, 2.24) is 10.2 Å². The van der Waals surface area contributed by atoms with E-state index in [1.807, 2.05) is 30.3 Å². The normalized spacial score (nSPS) is 20.8. The Morgan fingerprint density at radius 1 is 1.06 bits per heavy atom. The third-order valence-corrected chi connectivity index (χ3v) is 6.19. The average Bonchev–Trinajstić information content (AvgIpc) is 3.13. The van der Waals surface area contributed by atoms with Gasteiger partial charge in [0.1, 0.15) is 11.8 Å². The van der Waals surface area contributed by atoms with Crippen molar-refractivity contribution in [1.29, 1.82) is 0 Å². The van der Waals surface area contributed by atoms with E-state index in [4.69, 9.17) is 9.47 Å². The average molecular weight is 434 g/mol. The Kier molecular flexibility index (Phi) is 5.94. The minimum absolute atomic E-state index is 0.400. The molecule has 2 atom stereocenters. The van der Waals surface area contributed by atoms with Crippen LogP contribution in [0.4, 0.5) is 18.0 Å². The number of nitrogens with one attached hydrogen (secondary N) is 1. The molecule has 0 bridgehead atoms. The summed E-state index contributed by atoms with van der Waals surface area (Å²) in [5.74, 6) is -0.410. The van der Waals surface area contributed by atoms with Crippen LogP contribution in [0.15, 0.2) is 54.6 Å². The second kappa shape index (κ2) is 8.51. The lowest BCUT2D eigenvalue weighted by molar-refractivity contribution is -0.137. The van der Waals surface area contributed by atoms with Crippen LogP contribution in [0.2, 0.25) is 0 Å². The molecule has 0 radical (unpaired) electrons. The molecule has 31 heavy (non-hydrogen) atoms. The van der Waals surface area contributed by atoms with E-state index in [9.17, 15) is 18.0 Å². The fourth-order valence-corrected chi connectivity index (χ4v) is 4.55. The number of alkyl carbamates (subject to hydrolysis) is 1. The summed E-state index contributed by atoms with van der Waals surface area (Å²) in [4.78, 5) is 13.6. The molecular weight excluding hydrogens is 409 g/mol. The minimum atomic E-state index is -4.42. The van der Waals surface area contributed by atoms with Gasteiger partial charge in [-0.15, -0.1) is 0 Å². The van der Waals surface area contributed by atoms with E-state index < -0.39 is 35.6 Å². The fraction of sp³-hybridized carbons (Fsp3) is 0.435. The van der Waals surface area contributed by atoms with Gasteiger partial charge in [-0.05, 0) is 17.2 Å². The highest BCUT2D eigenvalue weighted by Crippen LogP contribution is 2.38. The van der Waals surface area contributed by atoms with Crippen molar-refractivity contribution >= 4 is 6.09 Å². The summed E-state index contributed by atoms with van der Waals surface area (Å²) in [7, 11) is 1.58. The monoisotopic (exact) mass is 434 g/mol. The molecule has 0 aliphatic carbocycles. The summed E-state index contributed by atoms with van der Waals surface area (Å²) in [5, 5.41) is 2.72. The first-order valence-electron chi connectivity index (χ1n) is 10.3. The molecule has 2 heterocycles. The first-order valence-corrected chi connectivity index (χ1v) is 10.3. The van der Waals surface area contributed by atoms with Crippen molar-refractivity contribution in [3.05, 3.63) is 71.3 Å². The maximum atomic E-state index is 13.4. The van der Waals surface area contributed by atoms with Gasteiger partial charge in [0, 0.05) is 39.0 Å². The van der Waals surface area contributed by atoms with Gasteiger partial charge in [0.2, 0.25) is 0 Å². The summed E-state index contributed by atoms with van der Waals surface area (Å²) >= 11 is 0. The molecular formula is C23H25F3N2O3. The summed E-state index contributed by atoms with van der Waals surface area (Å²) < 4.78 is 51.5. The molecule has 1 N–H and O–H groups in total.